The second-order valence-electron chi connectivity index (χ2n) is 4.08. The largest absolute Gasteiger partial charge is 0.591 e. The summed E-state index contributed by atoms with van der Waals surface area (Å²) in [5.41, 5.74) is 6.34. The lowest BCUT2D eigenvalue weighted by Gasteiger charge is -2.08. The molecule has 1 rings (SSSR count). The molecule has 0 saturated carbocycles. The fourth-order valence-electron chi connectivity index (χ4n) is 1.72. The van der Waals surface area contributed by atoms with Gasteiger partial charge in [-0.25, -0.2) is 0 Å². The Kier molecular flexibility index (Phi) is 5.25. The van der Waals surface area contributed by atoms with E-state index in [-0.39, 0.29) is 12.3 Å². The van der Waals surface area contributed by atoms with Crippen LogP contribution in [0.2, 0.25) is 0 Å². The van der Waals surface area contributed by atoms with Gasteiger partial charge in [-0.2, -0.15) is 0 Å². The molecule has 18 heavy (non-hydrogen) atoms. The number of carbonyl (C=O) groups is 1. The topological polar surface area (TPSA) is 92.5 Å². The molecule has 1 aromatic rings. The van der Waals surface area contributed by atoms with Crippen LogP contribution in [0.3, 0.4) is 0 Å². The van der Waals surface area contributed by atoms with E-state index in [1.165, 1.54) is 0 Å². The Bertz CT molecular complexity index is 450. The lowest BCUT2D eigenvalue weighted by molar-refractivity contribution is -0.160. The summed E-state index contributed by atoms with van der Waals surface area (Å²) < 4.78 is 16.5. The maximum Gasteiger partial charge on any atom is 0.349 e. The number of aryl methyl sites for hydroxylation is 2. The third-order valence-electron chi connectivity index (χ3n) is 2.48. The van der Waals surface area contributed by atoms with Gasteiger partial charge in [-0.3, -0.25) is 4.79 Å². The van der Waals surface area contributed by atoms with Gasteiger partial charge in [0.1, 0.15) is 5.75 Å². The van der Waals surface area contributed by atoms with Gasteiger partial charge in [0, 0.05) is 17.5 Å². The van der Waals surface area contributed by atoms with Crippen molar-refractivity contribution in [3.8, 4) is 5.75 Å². The van der Waals surface area contributed by atoms with E-state index in [0.29, 0.717) is 35.2 Å². The summed E-state index contributed by atoms with van der Waals surface area (Å²) in [7, 11) is -2.59. The zero-order valence-corrected chi connectivity index (χ0v) is 11.3. The second-order valence-corrected chi connectivity index (χ2v) is 5.04. The van der Waals surface area contributed by atoms with Crippen molar-refractivity contribution in [3.05, 3.63) is 23.3 Å². The van der Waals surface area contributed by atoms with Gasteiger partial charge in [0.05, 0.1) is 6.61 Å². The van der Waals surface area contributed by atoms with Gasteiger partial charge in [0.2, 0.25) is 5.91 Å². The molecular weight excluding hydrogens is 253 g/mol. The molecule has 0 aliphatic rings. The molecule has 0 aliphatic heterocycles. The minimum Gasteiger partial charge on any atom is -0.591 e. The lowest BCUT2D eigenvalue weighted by atomic mass is 10.1. The summed E-state index contributed by atoms with van der Waals surface area (Å²) in [6, 6.07) is 3.36. The van der Waals surface area contributed by atoms with Crippen LogP contribution in [0, 0.1) is 13.8 Å². The molecule has 0 spiro atoms. The highest BCUT2D eigenvalue weighted by Gasteiger charge is 2.16. The first-order valence-corrected chi connectivity index (χ1v) is 6.76. The number of hydrogen-bond acceptors (Lipinski definition) is 4. The molecule has 2 N–H and O–H groups in total. The van der Waals surface area contributed by atoms with Crippen LogP contribution in [0.25, 0.3) is 0 Å². The molecule has 5 nitrogen and oxygen atoms in total. The number of primary amides is 1. The number of ether oxygens (including phenoxy) is 1. The molecule has 6 heteroatoms. The smallest absolute Gasteiger partial charge is 0.349 e. The number of rotatable bonds is 6. The van der Waals surface area contributed by atoms with Gasteiger partial charge in [-0.1, -0.05) is 4.57 Å². The van der Waals surface area contributed by atoms with E-state index >= 15 is 0 Å². The van der Waals surface area contributed by atoms with Crippen LogP contribution in [0.15, 0.2) is 12.1 Å². The van der Waals surface area contributed by atoms with Gasteiger partial charge in [0.25, 0.3) is 0 Å². The monoisotopic (exact) mass is 269 g/mol. The standard InChI is InChI=1S/C12H16NO4P/c1-8-6-10(17-5-3-4-11(13)14)7-9(2)12(8)18(15)16/h6-7H,3-5H2,1-2H3,(H2,13,14). The number of benzene rings is 1. The lowest BCUT2D eigenvalue weighted by Crippen LogP contribution is -2.14. The zero-order chi connectivity index (χ0) is 13.7. The van der Waals surface area contributed by atoms with Crippen molar-refractivity contribution < 1.29 is 19.0 Å². The predicted octanol–water partition coefficient (Wildman–Crippen LogP) is 0.676. The first-order valence-electron chi connectivity index (χ1n) is 5.58. The summed E-state index contributed by atoms with van der Waals surface area (Å²) in [6.45, 7) is 3.83. The fourth-order valence-corrected chi connectivity index (χ4v) is 2.43. The Hall–Kier alpha value is -1.45. The van der Waals surface area contributed by atoms with Crippen LogP contribution < -0.4 is 20.7 Å². The van der Waals surface area contributed by atoms with Crippen LogP contribution >= 0.6 is 8.03 Å². The van der Waals surface area contributed by atoms with Gasteiger partial charge < -0.3 is 15.4 Å². The maximum absolute atomic E-state index is 11.0. The summed E-state index contributed by atoms with van der Waals surface area (Å²) in [4.78, 5) is 21.6. The normalized spacial score (nSPS) is 11.2. The number of nitrogens with two attached hydrogens (primary N) is 1. The quantitative estimate of drug-likeness (QED) is 0.607. The van der Waals surface area contributed by atoms with Crippen molar-refractivity contribution in [1.29, 1.82) is 0 Å². The van der Waals surface area contributed by atoms with E-state index in [1.54, 1.807) is 26.0 Å². The Morgan fingerprint density at radius 3 is 2.39 bits per heavy atom. The highest BCUT2D eigenvalue weighted by Crippen LogP contribution is 2.21. The van der Waals surface area contributed by atoms with E-state index in [1.807, 2.05) is 0 Å². The van der Waals surface area contributed by atoms with Crippen molar-refractivity contribution in [1.82, 2.24) is 0 Å². The molecule has 98 valence electrons. The molecule has 0 saturated heterocycles. The average molecular weight is 269 g/mol. The third-order valence-corrected chi connectivity index (χ3v) is 3.55. The molecule has 0 bridgehead atoms. The molecule has 0 radical (unpaired) electrons. The summed E-state index contributed by atoms with van der Waals surface area (Å²) >= 11 is 0. The zero-order valence-electron chi connectivity index (χ0n) is 10.4. The van der Waals surface area contributed by atoms with Crippen molar-refractivity contribution >= 4 is 19.2 Å². The minimum absolute atomic E-state index is 0.280. The molecule has 0 heterocycles. The SMILES string of the molecule is Cc1cc(OCCCC(N)=O)cc(C)c1[P+](=O)[O-]. The van der Waals surface area contributed by atoms with Crippen molar-refractivity contribution in [3.63, 3.8) is 0 Å². The maximum atomic E-state index is 11.0. The number of hydrogen-bond donors (Lipinski definition) is 1. The van der Waals surface area contributed by atoms with Crippen LogP contribution in [-0.2, 0) is 9.36 Å². The van der Waals surface area contributed by atoms with Gasteiger partial charge >= 0.3 is 8.03 Å². The molecule has 0 fully saturated rings. The summed E-state index contributed by atoms with van der Waals surface area (Å²) in [5, 5.41) is 0.342. The Morgan fingerprint density at radius 1 is 1.39 bits per heavy atom. The highest BCUT2D eigenvalue weighted by atomic mass is 31.1. The van der Waals surface area contributed by atoms with Crippen LogP contribution in [0.1, 0.15) is 24.0 Å². The van der Waals surface area contributed by atoms with Crippen LogP contribution in [-0.4, -0.2) is 12.5 Å². The van der Waals surface area contributed by atoms with Gasteiger partial charge in [-0.15, -0.1) is 0 Å². The Labute approximate surface area is 107 Å². The van der Waals surface area contributed by atoms with E-state index in [0.717, 1.165) is 0 Å². The summed E-state index contributed by atoms with van der Waals surface area (Å²) in [5.74, 6) is 0.250. The first-order chi connectivity index (χ1) is 8.41. The Balaban J connectivity index is 2.69. The van der Waals surface area contributed by atoms with E-state index in [4.69, 9.17) is 10.5 Å². The second kappa shape index (κ2) is 6.47. The molecule has 0 aliphatic carbocycles. The molecule has 1 aromatic carbocycles. The third kappa shape index (κ3) is 4.09. The number of amides is 1. The van der Waals surface area contributed by atoms with Crippen LogP contribution in [0.4, 0.5) is 0 Å². The van der Waals surface area contributed by atoms with Gasteiger partial charge in [-0.05, 0) is 32.4 Å². The van der Waals surface area contributed by atoms with Crippen molar-refractivity contribution in [2.24, 2.45) is 5.73 Å². The molecule has 1 atom stereocenters. The van der Waals surface area contributed by atoms with Gasteiger partial charge in [0.15, 0.2) is 5.30 Å². The minimum atomic E-state index is -2.59. The molecule has 1 unspecified atom stereocenters. The summed E-state index contributed by atoms with van der Waals surface area (Å²) in [6.07, 6.45) is 0.827. The number of carbonyl (C=O) groups excluding carboxylic acids is 1. The van der Waals surface area contributed by atoms with E-state index < -0.39 is 8.03 Å². The van der Waals surface area contributed by atoms with E-state index in [9.17, 15) is 14.3 Å². The fraction of sp³-hybridized carbons (Fsp3) is 0.417. The van der Waals surface area contributed by atoms with Crippen molar-refractivity contribution in [2.45, 2.75) is 26.7 Å². The van der Waals surface area contributed by atoms with Crippen LogP contribution in [0.5, 0.6) is 5.75 Å². The average Bonchev–Trinajstić information content (AvgIpc) is 2.22. The van der Waals surface area contributed by atoms with E-state index in [2.05, 4.69) is 0 Å². The Morgan fingerprint density at radius 2 is 1.94 bits per heavy atom. The molecule has 1 amide bonds. The molecule has 0 aromatic heterocycles. The highest BCUT2D eigenvalue weighted by molar-refractivity contribution is 7.46. The van der Waals surface area contributed by atoms with Crippen molar-refractivity contribution in [2.75, 3.05) is 6.61 Å². The first kappa shape index (κ1) is 14.6. The molecular formula is C12H16NO4P. The predicted molar refractivity (Wildman–Crippen MR) is 67.1 cm³/mol.